The lowest BCUT2D eigenvalue weighted by atomic mass is 10.1. The number of fused-ring (bicyclic) bond motifs is 1. The summed E-state index contributed by atoms with van der Waals surface area (Å²) < 4.78 is 31.8. The van der Waals surface area contributed by atoms with Gasteiger partial charge < -0.3 is 9.64 Å². The molecule has 0 saturated carbocycles. The van der Waals surface area contributed by atoms with Gasteiger partial charge in [-0.3, -0.25) is 4.79 Å². The first-order valence-corrected chi connectivity index (χ1v) is 9.34. The predicted molar refractivity (Wildman–Crippen MR) is 86.1 cm³/mol. The molecule has 0 aliphatic carbocycles. The van der Waals surface area contributed by atoms with Crippen molar-refractivity contribution in [3.63, 3.8) is 0 Å². The van der Waals surface area contributed by atoms with Crippen LogP contribution in [0.15, 0.2) is 30.3 Å². The van der Waals surface area contributed by atoms with Gasteiger partial charge in [0.25, 0.3) is 0 Å². The van der Waals surface area contributed by atoms with E-state index < -0.39 is 15.3 Å². The van der Waals surface area contributed by atoms with E-state index in [1.807, 2.05) is 30.3 Å². The van der Waals surface area contributed by atoms with Gasteiger partial charge >= 0.3 is 0 Å². The highest BCUT2D eigenvalue weighted by Crippen LogP contribution is 2.28. The van der Waals surface area contributed by atoms with E-state index in [0.717, 1.165) is 5.56 Å². The lowest BCUT2D eigenvalue weighted by Gasteiger charge is -2.36. The van der Waals surface area contributed by atoms with E-state index >= 15 is 0 Å². The molecule has 2 heterocycles. The van der Waals surface area contributed by atoms with E-state index in [4.69, 9.17) is 4.74 Å². The second-order valence-electron chi connectivity index (χ2n) is 6.33. The van der Waals surface area contributed by atoms with Gasteiger partial charge in [-0.2, -0.15) is 4.31 Å². The highest BCUT2D eigenvalue weighted by molar-refractivity contribution is 7.89. The highest BCUT2D eigenvalue weighted by Gasteiger charge is 2.46. The minimum Gasteiger partial charge on any atom is -0.365 e. The average molecular weight is 338 g/mol. The zero-order valence-corrected chi connectivity index (χ0v) is 14.2. The van der Waals surface area contributed by atoms with Gasteiger partial charge in [-0.25, -0.2) is 8.42 Å². The van der Waals surface area contributed by atoms with Crippen LogP contribution in [0.25, 0.3) is 0 Å². The Bertz CT molecular complexity index is 675. The molecule has 3 rings (SSSR count). The molecule has 1 aromatic carbocycles. The molecule has 0 N–H and O–H groups in total. The summed E-state index contributed by atoms with van der Waals surface area (Å²) in [6.45, 7) is 4.48. The molecule has 0 unspecified atom stereocenters. The van der Waals surface area contributed by atoms with Gasteiger partial charge in [0, 0.05) is 19.6 Å². The quantitative estimate of drug-likeness (QED) is 0.816. The fraction of sp³-hybridized carbons (Fsp3) is 0.562. The Morgan fingerprint density at radius 3 is 2.57 bits per heavy atom. The molecule has 2 aliphatic heterocycles. The molecular weight excluding hydrogens is 316 g/mol. The highest BCUT2D eigenvalue weighted by atomic mass is 32.2. The number of rotatable bonds is 4. The van der Waals surface area contributed by atoms with E-state index in [9.17, 15) is 13.2 Å². The van der Waals surface area contributed by atoms with Crippen LogP contribution >= 0.6 is 0 Å². The summed E-state index contributed by atoms with van der Waals surface area (Å²) in [6.07, 6.45) is -0.245. The van der Waals surface area contributed by atoms with Crippen LogP contribution in [-0.2, 0) is 26.1 Å². The number of hydrogen-bond donors (Lipinski definition) is 0. The van der Waals surface area contributed by atoms with E-state index in [1.54, 1.807) is 18.7 Å². The molecule has 7 heteroatoms. The number of amides is 1. The summed E-state index contributed by atoms with van der Waals surface area (Å²) in [6, 6.07) is 9.51. The lowest BCUT2D eigenvalue weighted by molar-refractivity contribution is -0.153. The molecule has 126 valence electrons. The Kier molecular flexibility index (Phi) is 4.44. The predicted octanol–water partition coefficient (Wildman–Crippen LogP) is 0.836. The van der Waals surface area contributed by atoms with Crippen LogP contribution in [0.3, 0.4) is 0 Å². The van der Waals surface area contributed by atoms with E-state index in [-0.39, 0.29) is 24.7 Å². The van der Waals surface area contributed by atoms with E-state index in [1.165, 1.54) is 4.31 Å². The number of nitrogens with zero attached hydrogens (tertiary/aromatic N) is 2. The second kappa shape index (κ2) is 6.22. The van der Waals surface area contributed by atoms with Gasteiger partial charge in [0.15, 0.2) is 0 Å². The molecule has 1 aromatic rings. The van der Waals surface area contributed by atoms with Gasteiger partial charge in [0.1, 0.15) is 6.61 Å². The molecule has 0 radical (unpaired) electrons. The molecular formula is C16H22N2O4S. The normalized spacial score (nSPS) is 25.9. The van der Waals surface area contributed by atoms with Crippen LogP contribution < -0.4 is 0 Å². The standard InChI is InChI=1S/C16H22N2O4S/c1-12(2)23(20,21)17-9-14-15(10-17)22-11-16(19)18(14)8-13-6-4-3-5-7-13/h3-7,12,14-15H,8-11H2,1-2H3/t14-,15-/m1/s1. The summed E-state index contributed by atoms with van der Waals surface area (Å²) in [5, 5.41) is -0.471. The maximum Gasteiger partial charge on any atom is 0.249 e. The first-order valence-electron chi connectivity index (χ1n) is 7.83. The third kappa shape index (κ3) is 3.13. The smallest absolute Gasteiger partial charge is 0.249 e. The van der Waals surface area contributed by atoms with Crippen LogP contribution in [0.4, 0.5) is 0 Å². The van der Waals surface area contributed by atoms with Gasteiger partial charge in [-0.05, 0) is 19.4 Å². The van der Waals surface area contributed by atoms with Crippen LogP contribution in [0.5, 0.6) is 0 Å². The minimum atomic E-state index is -3.33. The summed E-state index contributed by atoms with van der Waals surface area (Å²) in [7, 11) is -3.33. The van der Waals surface area contributed by atoms with Crippen molar-refractivity contribution >= 4 is 15.9 Å². The van der Waals surface area contributed by atoms with Gasteiger partial charge in [0.2, 0.25) is 15.9 Å². The molecule has 2 saturated heterocycles. The number of sulfonamides is 1. The first-order chi connectivity index (χ1) is 10.9. The van der Waals surface area contributed by atoms with Crippen molar-refractivity contribution in [1.82, 2.24) is 9.21 Å². The Balaban J connectivity index is 1.80. The van der Waals surface area contributed by atoms with Crippen molar-refractivity contribution in [3.8, 4) is 0 Å². The number of carbonyl (C=O) groups excluding carboxylic acids is 1. The zero-order valence-electron chi connectivity index (χ0n) is 13.4. The largest absolute Gasteiger partial charge is 0.365 e. The molecule has 0 spiro atoms. The van der Waals surface area contributed by atoms with Crippen molar-refractivity contribution in [2.75, 3.05) is 19.7 Å². The zero-order chi connectivity index (χ0) is 16.6. The van der Waals surface area contributed by atoms with Crippen molar-refractivity contribution in [2.24, 2.45) is 0 Å². The van der Waals surface area contributed by atoms with Crippen molar-refractivity contribution in [1.29, 1.82) is 0 Å². The summed E-state index contributed by atoms with van der Waals surface area (Å²) in [5.74, 6) is -0.0844. The number of hydrogen-bond acceptors (Lipinski definition) is 4. The topological polar surface area (TPSA) is 66.9 Å². The molecule has 0 bridgehead atoms. The van der Waals surface area contributed by atoms with Crippen LogP contribution in [-0.4, -0.2) is 60.6 Å². The second-order valence-corrected chi connectivity index (χ2v) is 8.82. The molecule has 2 fully saturated rings. The molecule has 2 atom stereocenters. The van der Waals surface area contributed by atoms with Gasteiger partial charge in [-0.15, -0.1) is 0 Å². The third-order valence-electron chi connectivity index (χ3n) is 4.50. The SMILES string of the molecule is CC(C)S(=O)(=O)N1C[C@@H]2[C@@H](C1)OCC(=O)N2Cc1ccccc1. The lowest BCUT2D eigenvalue weighted by Crippen LogP contribution is -2.53. The number of benzene rings is 1. The van der Waals surface area contributed by atoms with Gasteiger partial charge in [0.05, 0.1) is 17.4 Å². The molecule has 2 aliphatic rings. The number of ether oxygens (including phenoxy) is 1. The van der Waals surface area contributed by atoms with Crippen LogP contribution in [0, 0.1) is 0 Å². The summed E-state index contributed by atoms with van der Waals surface area (Å²) in [4.78, 5) is 14.0. The maximum absolute atomic E-state index is 12.4. The monoisotopic (exact) mass is 338 g/mol. The Hall–Kier alpha value is -1.44. The third-order valence-corrected chi connectivity index (χ3v) is 6.71. The summed E-state index contributed by atoms with van der Waals surface area (Å²) >= 11 is 0. The molecule has 6 nitrogen and oxygen atoms in total. The van der Waals surface area contributed by atoms with Crippen molar-refractivity contribution < 1.29 is 17.9 Å². The Labute approximate surface area is 137 Å². The molecule has 1 amide bonds. The van der Waals surface area contributed by atoms with Gasteiger partial charge in [-0.1, -0.05) is 30.3 Å². The molecule has 23 heavy (non-hydrogen) atoms. The summed E-state index contributed by atoms with van der Waals surface area (Å²) in [5.41, 5.74) is 1.03. The fourth-order valence-corrected chi connectivity index (χ4v) is 4.44. The Morgan fingerprint density at radius 1 is 1.22 bits per heavy atom. The fourth-order valence-electron chi connectivity index (χ4n) is 3.12. The first kappa shape index (κ1) is 16.4. The number of morpholine rings is 1. The Morgan fingerprint density at radius 2 is 1.91 bits per heavy atom. The van der Waals surface area contributed by atoms with Crippen molar-refractivity contribution in [2.45, 2.75) is 37.8 Å². The van der Waals surface area contributed by atoms with Crippen LogP contribution in [0.2, 0.25) is 0 Å². The number of carbonyl (C=O) groups is 1. The average Bonchev–Trinajstić information content (AvgIpc) is 2.96. The van der Waals surface area contributed by atoms with Crippen molar-refractivity contribution in [3.05, 3.63) is 35.9 Å². The van der Waals surface area contributed by atoms with E-state index in [2.05, 4.69) is 0 Å². The van der Waals surface area contributed by atoms with E-state index in [0.29, 0.717) is 19.6 Å². The molecule has 0 aromatic heterocycles. The minimum absolute atomic E-state index is 0.0174. The maximum atomic E-state index is 12.4. The van der Waals surface area contributed by atoms with Crippen LogP contribution in [0.1, 0.15) is 19.4 Å².